The van der Waals surface area contributed by atoms with Crippen molar-refractivity contribution < 1.29 is 33.4 Å². The van der Waals surface area contributed by atoms with Crippen molar-refractivity contribution >= 4 is 23.8 Å². The third-order valence-corrected chi connectivity index (χ3v) is 6.99. The lowest BCUT2D eigenvalue weighted by atomic mass is 9.95. The van der Waals surface area contributed by atoms with Gasteiger partial charge in [-0.1, -0.05) is 54.6 Å². The minimum Gasteiger partial charge on any atom is -0.456 e. The van der Waals surface area contributed by atoms with Crippen LogP contribution >= 0.6 is 0 Å². The Balaban J connectivity index is 1.43. The SMILES string of the molecule is CC(=O)N1[C@H]2C[C@@H](OC(=O)c3ccccc3)[C@@H]1C[C@@H](OC(=O)c1ccccc1)[C@@H]2OC(=O)c1ccccc1. The van der Waals surface area contributed by atoms with Crippen molar-refractivity contribution in [1.82, 2.24) is 4.90 Å². The molecule has 2 aliphatic rings. The van der Waals surface area contributed by atoms with E-state index in [0.717, 1.165) is 0 Å². The zero-order valence-electron chi connectivity index (χ0n) is 20.8. The molecule has 194 valence electrons. The summed E-state index contributed by atoms with van der Waals surface area (Å²) in [6, 6.07) is 24.4. The molecular formula is C30H27NO7. The van der Waals surface area contributed by atoms with Crippen LogP contribution in [0.2, 0.25) is 0 Å². The minimum absolute atomic E-state index is 0.147. The Kier molecular flexibility index (Phi) is 7.22. The molecule has 1 amide bonds. The average molecular weight is 514 g/mol. The molecule has 38 heavy (non-hydrogen) atoms. The number of hydrogen-bond acceptors (Lipinski definition) is 7. The van der Waals surface area contributed by atoms with Gasteiger partial charge in [0.25, 0.3) is 0 Å². The first-order chi connectivity index (χ1) is 18.4. The van der Waals surface area contributed by atoms with Crippen molar-refractivity contribution in [3.63, 3.8) is 0 Å². The zero-order valence-corrected chi connectivity index (χ0v) is 20.8. The van der Waals surface area contributed by atoms with Crippen LogP contribution in [-0.4, -0.2) is 59.1 Å². The molecule has 8 heteroatoms. The first-order valence-corrected chi connectivity index (χ1v) is 12.5. The molecule has 2 aliphatic heterocycles. The van der Waals surface area contributed by atoms with E-state index in [2.05, 4.69) is 0 Å². The van der Waals surface area contributed by atoms with Gasteiger partial charge in [-0.15, -0.1) is 0 Å². The predicted molar refractivity (Wildman–Crippen MR) is 136 cm³/mol. The fraction of sp³-hybridized carbons (Fsp3) is 0.267. The van der Waals surface area contributed by atoms with Crippen LogP contribution in [0.4, 0.5) is 0 Å². The molecule has 0 radical (unpaired) electrons. The van der Waals surface area contributed by atoms with Crippen molar-refractivity contribution in [3.05, 3.63) is 108 Å². The number of amides is 1. The maximum absolute atomic E-state index is 13.1. The fourth-order valence-corrected chi connectivity index (χ4v) is 5.30. The van der Waals surface area contributed by atoms with E-state index in [1.807, 2.05) is 0 Å². The van der Waals surface area contributed by atoms with E-state index in [0.29, 0.717) is 16.7 Å². The summed E-state index contributed by atoms with van der Waals surface area (Å²) in [5, 5.41) is 0. The van der Waals surface area contributed by atoms with Crippen LogP contribution in [0.5, 0.6) is 0 Å². The van der Waals surface area contributed by atoms with Crippen LogP contribution in [-0.2, 0) is 19.0 Å². The lowest BCUT2D eigenvalue weighted by Gasteiger charge is -2.43. The van der Waals surface area contributed by atoms with Gasteiger partial charge in [-0.05, 0) is 36.4 Å². The summed E-state index contributed by atoms with van der Waals surface area (Å²) in [7, 11) is 0. The molecule has 0 saturated carbocycles. The van der Waals surface area contributed by atoms with E-state index in [1.54, 1.807) is 95.9 Å². The zero-order chi connectivity index (χ0) is 26.6. The maximum Gasteiger partial charge on any atom is 0.338 e. The molecule has 5 rings (SSSR count). The number of nitrogens with zero attached hydrogens (tertiary/aromatic N) is 1. The molecular weight excluding hydrogens is 486 g/mol. The highest BCUT2D eigenvalue weighted by Gasteiger charge is 2.57. The van der Waals surface area contributed by atoms with Gasteiger partial charge < -0.3 is 19.1 Å². The molecule has 0 N–H and O–H groups in total. The van der Waals surface area contributed by atoms with Gasteiger partial charge >= 0.3 is 17.9 Å². The van der Waals surface area contributed by atoms with Gasteiger partial charge in [0.1, 0.15) is 12.2 Å². The number of piperidine rings is 1. The van der Waals surface area contributed by atoms with E-state index < -0.39 is 48.3 Å². The number of fused-ring (bicyclic) bond motifs is 2. The van der Waals surface area contributed by atoms with Crippen molar-refractivity contribution in [2.24, 2.45) is 0 Å². The van der Waals surface area contributed by atoms with Crippen LogP contribution in [0, 0.1) is 0 Å². The molecule has 2 bridgehead atoms. The van der Waals surface area contributed by atoms with E-state index in [-0.39, 0.29) is 18.7 Å². The van der Waals surface area contributed by atoms with Crippen molar-refractivity contribution in [3.8, 4) is 0 Å². The molecule has 0 aromatic heterocycles. The van der Waals surface area contributed by atoms with Gasteiger partial charge in [0.05, 0.1) is 28.8 Å². The normalized spacial score (nSPS) is 23.8. The topological polar surface area (TPSA) is 99.2 Å². The summed E-state index contributed by atoms with van der Waals surface area (Å²) in [6.07, 6.45) is -2.06. The Morgan fingerprint density at radius 2 is 0.974 bits per heavy atom. The average Bonchev–Trinajstić information content (AvgIpc) is 3.23. The first-order valence-electron chi connectivity index (χ1n) is 12.5. The Morgan fingerprint density at radius 3 is 1.42 bits per heavy atom. The number of carbonyl (C=O) groups is 4. The van der Waals surface area contributed by atoms with Crippen LogP contribution in [0.25, 0.3) is 0 Å². The third kappa shape index (κ3) is 5.16. The number of carbonyl (C=O) groups excluding carboxylic acids is 4. The first kappa shape index (κ1) is 25.2. The molecule has 2 fully saturated rings. The molecule has 0 aliphatic carbocycles. The van der Waals surface area contributed by atoms with E-state index in [4.69, 9.17) is 14.2 Å². The molecule has 0 unspecified atom stereocenters. The Hall–Kier alpha value is -4.46. The number of hydrogen-bond donors (Lipinski definition) is 0. The van der Waals surface area contributed by atoms with Crippen LogP contribution in [0.1, 0.15) is 50.8 Å². The van der Waals surface area contributed by atoms with Crippen molar-refractivity contribution in [1.29, 1.82) is 0 Å². The molecule has 0 spiro atoms. The Morgan fingerprint density at radius 1 is 0.579 bits per heavy atom. The van der Waals surface area contributed by atoms with Crippen molar-refractivity contribution in [2.75, 3.05) is 0 Å². The fourth-order valence-electron chi connectivity index (χ4n) is 5.30. The largest absolute Gasteiger partial charge is 0.456 e. The highest BCUT2D eigenvalue weighted by Crippen LogP contribution is 2.41. The van der Waals surface area contributed by atoms with Gasteiger partial charge in [0, 0.05) is 19.8 Å². The molecule has 3 aromatic carbocycles. The van der Waals surface area contributed by atoms with E-state index in [1.165, 1.54) is 6.92 Å². The summed E-state index contributed by atoms with van der Waals surface area (Å²) in [4.78, 5) is 53.2. The van der Waals surface area contributed by atoms with Crippen molar-refractivity contribution in [2.45, 2.75) is 50.2 Å². The van der Waals surface area contributed by atoms with Gasteiger partial charge in [0.15, 0.2) is 6.10 Å². The Labute approximate surface area is 220 Å². The molecule has 2 saturated heterocycles. The van der Waals surface area contributed by atoms with E-state index >= 15 is 0 Å². The summed E-state index contributed by atoms with van der Waals surface area (Å²) >= 11 is 0. The second-order valence-corrected chi connectivity index (χ2v) is 9.39. The number of ether oxygens (including phenoxy) is 3. The standard InChI is InChI=1S/C30H27NO7/c1-19(32)31-23-17-26(37-29(34)21-13-7-3-8-14-21)27(38-30(35)22-15-9-4-10-16-22)24(31)18-25(23)36-28(33)20-11-5-2-6-12-20/h2-16,23-27H,17-18H2,1H3/t23-,24-,25+,26+,27+/m0/s1. The number of rotatable bonds is 6. The van der Waals surface area contributed by atoms with E-state index in [9.17, 15) is 19.2 Å². The maximum atomic E-state index is 13.1. The summed E-state index contributed by atoms with van der Waals surface area (Å²) in [5.41, 5.74) is 1.08. The quantitative estimate of drug-likeness (QED) is 0.362. The molecule has 8 nitrogen and oxygen atoms in total. The summed E-state index contributed by atoms with van der Waals surface area (Å²) < 4.78 is 17.7. The minimum atomic E-state index is -0.948. The summed E-state index contributed by atoms with van der Waals surface area (Å²) in [6.45, 7) is 1.42. The molecule has 5 atom stereocenters. The highest BCUT2D eigenvalue weighted by atomic mass is 16.6. The van der Waals surface area contributed by atoms with Gasteiger partial charge in [-0.3, -0.25) is 4.79 Å². The van der Waals surface area contributed by atoms with Crippen LogP contribution in [0.3, 0.4) is 0 Å². The lowest BCUT2D eigenvalue weighted by Crippen LogP contribution is -2.59. The van der Waals surface area contributed by atoms with Gasteiger partial charge in [-0.25, -0.2) is 14.4 Å². The van der Waals surface area contributed by atoms with Gasteiger partial charge in [0.2, 0.25) is 5.91 Å². The Bertz CT molecular complexity index is 1310. The van der Waals surface area contributed by atoms with Gasteiger partial charge in [-0.2, -0.15) is 0 Å². The lowest BCUT2D eigenvalue weighted by molar-refractivity contribution is -0.146. The highest BCUT2D eigenvalue weighted by molar-refractivity contribution is 5.91. The third-order valence-electron chi connectivity index (χ3n) is 6.99. The number of benzene rings is 3. The second kappa shape index (κ2) is 10.9. The van der Waals surface area contributed by atoms with Crippen LogP contribution < -0.4 is 0 Å². The molecule has 3 aromatic rings. The summed E-state index contributed by atoms with van der Waals surface area (Å²) in [5.74, 6) is -1.91. The smallest absolute Gasteiger partial charge is 0.338 e. The second-order valence-electron chi connectivity index (χ2n) is 9.39. The monoisotopic (exact) mass is 513 g/mol. The van der Waals surface area contributed by atoms with Crippen LogP contribution in [0.15, 0.2) is 91.0 Å². The molecule has 2 heterocycles. The number of esters is 3. The predicted octanol–water partition coefficient (Wildman–Crippen LogP) is 4.06.